The number of aromatic nitrogens is 2. The largest absolute Gasteiger partial charge is 0.462 e. The van der Waals surface area contributed by atoms with E-state index in [1.54, 1.807) is 21.0 Å². The summed E-state index contributed by atoms with van der Waals surface area (Å²) in [4.78, 5) is 48.8. The number of hydrogen-bond acceptors (Lipinski definition) is 8. The monoisotopic (exact) mass is 621 g/mol. The predicted molar refractivity (Wildman–Crippen MR) is 159 cm³/mol. The third-order valence-electron chi connectivity index (χ3n) is 6.94. The second-order valence-electron chi connectivity index (χ2n) is 10.2. The van der Waals surface area contributed by atoms with Crippen molar-refractivity contribution in [2.75, 3.05) is 31.7 Å². The Labute approximate surface area is 252 Å². The van der Waals surface area contributed by atoms with Crippen LogP contribution in [0.15, 0.2) is 30.3 Å². The van der Waals surface area contributed by atoms with Gasteiger partial charge in [-0.25, -0.2) is 9.78 Å². The minimum absolute atomic E-state index is 0.00508. The van der Waals surface area contributed by atoms with Crippen molar-refractivity contribution < 1.29 is 23.9 Å². The number of nitrogens with one attached hydrogen (secondary N) is 3. The van der Waals surface area contributed by atoms with Gasteiger partial charge in [-0.15, -0.1) is 0 Å². The van der Waals surface area contributed by atoms with Crippen LogP contribution in [-0.4, -0.2) is 66.7 Å². The molecule has 10 nitrogen and oxygen atoms in total. The van der Waals surface area contributed by atoms with E-state index in [0.717, 1.165) is 16.9 Å². The number of H-pyrrole nitrogens is 1. The molecule has 1 fully saturated rings. The average molecular weight is 623 g/mol. The van der Waals surface area contributed by atoms with E-state index in [1.165, 1.54) is 0 Å². The molecular formula is C28H33Cl2N5O5S. The van der Waals surface area contributed by atoms with Gasteiger partial charge in [-0.05, 0) is 39.7 Å². The highest BCUT2D eigenvalue weighted by Crippen LogP contribution is 2.32. The van der Waals surface area contributed by atoms with E-state index in [4.69, 9.17) is 32.7 Å². The number of hydrogen-bond donors (Lipinski definition) is 3. The molecule has 220 valence electrons. The average Bonchev–Trinajstić information content (AvgIpc) is 3.51. The van der Waals surface area contributed by atoms with Crippen LogP contribution in [0.3, 0.4) is 0 Å². The number of ether oxygens (including phenoxy) is 2. The zero-order valence-electron chi connectivity index (χ0n) is 23.5. The first-order chi connectivity index (χ1) is 19.5. The third kappa shape index (κ3) is 6.69. The van der Waals surface area contributed by atoms with E-state index in [9.17, 15) is 14.4 Å². The summed E-state index contributed by atoms with van der Waals surface area (Å²) in [5.74, 6) is -1.47. The molecule has 0 unspecified atom stereocenters. The van der Waals surface area contributed by atoms with Gasteiger partial charge in [0, 0.05) is 25.9 Å². The lowest BCUT2D eigenvalue weighted by Gasteiger charge is -2.37. The van der Waals surface area contributed by atoms with Crippen molar-refractivity contribution in [3.8, 4) is 0 Å². The Kier molecular flexibility index (Phi) is 9.63. The van der Waals surface area contributed by atoms with Crippen LogP contribution in [0.2, 0.25) is 10.0 Å². The normalized spacial score (nSPS) is 17.3. The molecule has 1 aromatic carbocycles. The van der Waals surface area contributed by atoms with Crippen LogP contribution >= 0.6 is 34.5 Å². The maximum Gasteiger partial charge on any atom is 0.350 e. The quantitative estimate of drug-likeness (QED) is 0.289. The Balaban J connectivity index is 1.53. The summed E-state index contributed by atoms with van der Waals surface area (Å²) in [5.41, 5.74) is 1.00. The molecule has 0 bridgehead atoms. The van der Waals surface area contributed by atoms with Crippen LogP contribution in [-0.2, 0) is 15.0 Å². The van der Waals surface area contributed by atoms with Crippen molar-refractivity contribution in [1.29, 1.82) is 0 Å². The molecule has 1 aliphatic rings. The summed E-state index contributed by atoms with van der Waals surface area (Å²) in [5, 5.41) is 6.94. The molecule has 0 radical (unpaired) electrons. The number of benzene rings is 1. The zero-order valence-corrected chi connectivity index (χ0v) is 25.8. The number of thiazole rings is 1. The topological polar surface area (TPSA) is 126 Å². The first kappa shape index (κ1) is 30.8. The molecule has 2 atom stereocenters. The number of amides is 2. The van der Waals surface area contributed by atoms with Crippen LogP contribution in [0.5, 0.6) is 0 Å². The van der Waals surface area contributed by atoms with Crippen LogP contribution in [0, 0.1) is 6.92 Å². The number of methoxy groups -OCH3 is 1. The van der Waals surface area contributed by atoms with Gasteiger partial charge in [0.2, 0.25) is 0 Å². The van der Waals surface area contributed by atoms with Crippen molar-refractivity contribution in [3.63, 3.8) is 0 Å². The maximum atomic E-state index is 13.5. The zero-order chi connectivity index (χ0) is 29.9. The first-order valence-electron chi connectivity index (χ1n) is 13.1. The van der Waals surface area contributed by atoms with Gasteiger partial charge in [0.25, 0.3) is 11.8 Å². The van der Waals surface area contributed by atoms with Gasteiger partial charge >= 0.3 is 5.97 Å². The summed E-state index contributed by atoms with van der Waals surface area (Å²) >= 11 is 13.5. The maximum absolute atomic E-state index is 13.5. The molecule has 0 aliphatic carbocycles. The van der Waals surface area contributed by atoms with Crippen molar-refractivity contribution in [2.45, 2.75) is 51.8 Å². The van der Waals surface area contributed by atoms with E-state index in [1.807, 2.05) is 49.1 Å². The van der Waals surface area contributed by atoms with E-state index in [2.05, 4.69) is 20.6 Å². The smallest absolute Gasteiger partial charge is 0.350 e. The summed E-state index contributed by atoms with van der Waals surface area (Å²) in [6, 6.07) is 9.23. The Morgan fingerprint density at radius 2 is 1.88 bits per heavy atom. The number of halogens is 2. The molecule has 0 saturated carbocycles. The van der Waals surface area contributed by atoms with Gasteiger partial charge in [-0.2, -0.15) is 0 Å². The molecule has 3 aromatic rings. The minimum Gasteiger partial charge on any atom is -0.462 e. The summed E-state index contributed by atoms with van der Waals surface area (Å²) < 4.78 is 11.0. The molecule has 1 saturated heterocycles. The molecule has 0 spiro atoms. The number of aromatic amines is 1. The summed E-state index contributed by atoms with van der Waals surface area (Å²) in [6.07, 6.45) is 0.119. The standard InChI is InChI=1S/C28H33Cl2N5O5S/c1-6-40-26(38)23-22(25(37)34-28(3,4)16-10-8-7-9-11-16)33-27(41-23)35-13-12-17(18(14-35)39-5)32-24(36)21-20(30)19(29)15(2)31-21/h7-11,17-18,31H,6,12-14H2,1-5H3,(H,32,36)(H,34,37)/t17-,18+/m1/s1. The minimum atomic E-state index is -0.712. The molecular weight excluding hydrogens is 589 g/mol. The molecule has 41 heavy (non-hydrogen) atoms. The van der Waals surface area contributed by atoms with Crippen LogP contribution in [0.1, 0.15) is 69.1 Å². The number of nitrogens with zero attached hydrogens (tertiary/aromatic N) is 2. The third-order valence-corrected chi connectivity index (χ3v) is 8.99. The van der Waals surface area contributed by atoms with E-state index >= 15 is 0 Å². The lowest BCUT2D eigenvalue weighted by Crippen LogP contribution is -2.55. The summed E-state index contributed by atoms with van der Waals surface area (Å²) in [6.45, 7) is 8.23. The van der Waals surface area contributed by atoms with Gasteiger partial charge < -0.3 is 30.0 Å². The van der Waals surface area contributed by atoms with Crippen molar-refractivity contribution in [2.24, 2.45) is 0 Å². The highest BCUT2D eigenvalue weighted by molar-refractivity contribution is 7.17. The Morgan fingerprint density at radius 3 is 2.49 bits per heavy atom. The lowest BCUT2D eigenvalue weighted by atomic mass is 9.94. The van der Waals surface area contributed by atoms with Gasteiger partial charge in [-0.1, -0.05) is 64.9 Å². The highest BCUT2D eigenvalue weighted by Gasteiger charge is 2.35. The number of esters is 1. The Bertz CT molecular complexity index is 1420. The Hall–Kier alpha value is -3.12. The second kappa shape index (κ2) is 12.8. The molecule has 2 aromatic heterocycles. The number of aryl methyl sites for hydroxylation is 1. The molecule has 13 heteroatoms. The van der Waals surface area contributed by atoms with Gasteiger partial charge in [0.1, 0.15) is 10.6 Å². The first-order valence-corrected chi connectivity index (χ1v) is 14.7. The van der Waals surface area contributed by atoms with E-state index in [0.29, 0.717) is 35.4 Å². The molecule has 3 N–H and O–H groups in total. The molecule has 2 amide bonds. The second-order valence-corrected chi connectivity index (χ2v) is 11.9. The van der Waals surface area contributed by atoms with E-state index in [-0.39, 0.29) is 39.8 Å². The number of piperidine rings is 1. The van der Waals surface area contributed by atoms with Gasteiger partial charge in [-0.3, -0.25) is 9.59 Å². The number of carbonyl (C=O) groups is 3. The van der Waals surface area contributed by atoms with Gasteiger partial charge in [0.05, 0.1) is 34.3 Å². The SMILES string of the molecule is CCOC(=O)c1sc(N2CC[C@@H](NC(=O)c3[nH]c(C)c(Cl)c3Cl)[C@@H](OC)C2)nc1C(=O)NC(C)(C)c1ccccc1. The van der Waals surface area contributed by atoms with E-state index < -0.39 is 23.5 Å². The molecule has 3 heterocycles. The van der Waals surface area contributed by atoms with Crippen molar-refractivity contribution >= 4 is 57.5 Å². The molecule has 4 rings (SSSR count). The van der Waals surface area contributed by atoms with Crippen LogP contribution in [0.25, 0.3) is 0 Å². The Morgan fingerprint density at radius 1 is 1.17 bits per heavy atom. The number of carbonyl (C=O) groups excluding carboxylic acids is 3. The fraction of sp³-hybridized carbons (Fsp3) is 0.429. The fourth-order valence-electron chi connectivity index (χ4n) is 4.67. The van der Waals surface area contributed by atoms with Crippen molar-refractivity contribution in [1.82, 2.24) is 20.6 Å². The summed E-state index contributed by atoms with van der Waals surface area (Å²) in [7, 11) is 1.56. The number of rotatable bonds is 9. The molecule has 1 aliphatic heterocycles. The van der Waals surface area contributed by atoms with Crippen LogP contribution in [0.4, 0.5) is 5.13 Å². The number of anilines is 1. The van der Waals surface area contributed by atoms with Gasteiger partial charge in [0.15, 0.2) is 10.8 Å². The van der Waals surface area contributed by atoms with Crippen LogP contribution < -0.4 is 15.5 Å². The highest BCUT2D eigenvalue weighted by atomic mass is 35.5. The van der Waals surface area contributed by atoms with Crippen molar-refractivity contribution in [3.05, 3.63) is 67.9 Å². The lowest BCUT2D eigenvalue weighted by molar-refractivity contribution is 0.0527. The predicted octanol–water partition coefficient (Wildman–Crippen LogP) is 4.95. The fourth-order valence-corrected chi connectivity index (χ4v) is 6.07.